The van der Waals surface area contributed by atoms with Crippen LogP contribution < -0.4 is 0 Å². The predicted molar refractivity (Wildman–Crippen MR) is 153 cm³/mol. The van der Waals surface area contributed by atoms with E-state index in [0.717, 1.165) is 22.2 Å². The monoisotopic (exact) mass is 542 g/mol. The summed E-state index contributed by atoms with van der Waals surface area (Å²) >= 11 is 0. The highest BCUT2D eigenvalue weighted by molar-refractivity contribution is 6.74. The highest BCUT2D eigenvalue weighted by atomic mass is 28.4. The second-order valence-corrected chi connectivity index (χ2v) is 18.5. The van der Waals surface area contributed by atoms with Gasteiger partial charge in [0.25, 0.3) is 0 Å². The van der Waals surface area contributed by atoms with Gasteiger partial charge in [0.15, 0.2) is 8.32 Å². The van der Waals surface area contributed by atoms with Crippen molar-refractivity contribution in [2.24, 2.45) is 11.8 Å². The van der Waals surface area contributed by atoms with Crippen molar-refractivity contribution in [3.63, 3.8) is 0 Å². The number of carbonyl (C=O) groups excluding carboxylic acids is 2. The number of carbonyl (C=O) groups is 2. The highest BCUT2D eigenvalue weighted by Gasteiger charge is 2.48. The molecule has 0 spiro atoms. The van der Waals surface area contributed by atoms with E-state index in [9.17, 15) is 14.7 Å². The van der Waals surface area contributed by atoms with Crippen LogP contribution in [0.4, 0.5) is 4.79 Å². The van der Waals surface area contributed by atoms with E-state index in [1.807, 2.05) is 43.9 Å². The Morgan fingerprint density at radius 1 is 1.16 bits per heavy atom. The summed E-state index contributed by atoms with van der Waals surface area (Å²) in [6.07, 6.45) is 0.868. The molecule has 8 heteroatoms. The van der Waals surface area contributed by atoms with Gasteiger partial charge in [0.05, 0.1) is 29.3 Å². The maximum absolute atomic E-state index is 13.9. The first-order chi connectivity index (χ1) is 17.5. The number of piperidine rings is 1. The Bertz CT molecular complexity index is 1200. The van der Waals surface area contributed by atoms with Crippen molar-refractivity contribution in [2.75, 3.05) is 13.2 Å². The van der Waals surface area contributed by atoms with E-state index >= 15 is 0 Å². The number of aromatic nitrogens is 1. The van der Waals surface area contributed by atoms with E-state index < -0.39 is 32.0 Å². The van der Waals surface area contributed by atoms with Gasteiger partial charge in [-0.3, -0.25) is 4.79 Å². The number of benzene rings is 1. The Labute approximate surface area is 228 Å². The third-order valence-corrected chi connectivity index (χ3v) is 13.3. The van der Waals surface area contributed by atoms with Crippen LogP contribution in [0, 0.1) is 11.8 Å². The Kier molecular flexibility index (Phi) is 7.67. The molecule has 7 nitrogen and oxygen atoms in total. The zero-order valence-corrected chi connectivity index (χ0v) is 25.6. The maximum atomic E-state index is 13.9. The molecule has 1 amide bonds. The van der Waals surface area contributed by atoms with Gasteiger partial charge in [-0.05, 0) is 82.6 Å². The standard InChI is InChI=1S/C30H46N2O5Si/c1-19(33)25-20(15-17-36-38(8,9)30(5,6)7)18-24-26-22(14-16-31(24)27(25)34)21-12-10-11-13-23(21)32(26)28(35)37-29(2,3)4/h10-13,19-20,24-25,33H,14-18H2,1-9H3/t19?,20-,24-,25?/m0/s1. The van der Waals surface area contributed by atoms with Crippen LogP contribution in [0.2, 0.25) is 18.1 Å². The summed E-state index contributed by atoms with van der Waals surface area (Å²) in [4.78, 5) is 29.3. The fourth-order valence-corrected chi connectivity index (χ4v) is 6.95. The number of aliphatic hydroxyl groups excluding tert-OH is 1. The van der Waals surface area contributed by atoms with Crippen LogP contribution in [0.15, 0.2) is 24.3 Å². The molecular weight excluding hydrogens is 496 g/mol. The zero-order chi connectivity index (χ0) is 28.2. The van der Waals surface area contributed by atoms with Crippen LogP contribution in [0.1, 0.15) is 78.6 Å². The number of nitrogens with zero attached hydrogens (tertiary/aromatic N) is 2. The molecule has 2 aliphatic rings. The summed E-state index contributed by atoms with van der Waals surface area (Å²) in [5, 5.41) is 11.9. The second-order valence-electron chi connectivity index (χ2n) is 13.7. The van der Waals surface area contributed by atoms with Gasteiger partial charge in [-0.2, -0.15) is 0 Å². The first kappa shape index (κ1) is 28.8. The molecule has 1 saturated heterocycles. The van der Waals surface area contributed by atoms with Crippen molar-refractivity contribution >= 4 is 31.2 Å². The lowest BCUT2D eigenvalue weighted by molar-refractivity contribution is -0.152. The average Bonchev–Trinajstić information content (AvgIpc) is 3.12. The number of hydrogen-bond donors (Lipinski definition) is 1. The minimum atomic E-state index is -1.94. The average molecular weight is 543 g/mol. The molecule has 4 atom stereocenters. The van der Waals surface area contributed by atoms with Gasteiger partial charge >= 0.3 is 6.09 Å². The van der Waals surface area contributed by atoms with Crippen molar-refractivity contribution in [1.29, 1.82) is 0 Å². The molecule has 0 aliphatic carbocycles. The molecule has 2 aliphatic heterocycles. The molecule has 1 N–H and O–H groups in total. The van der Waals surface area contributed by atoms with Crippen LogP contribution in [-0.4, -0.2) is 59.7 Å². The van der Waals surface area contributed by atoms with E-state index in [2.05, 4.69) is 39.9 Å². The molecule has 0 radical (unpaired) electrons. The molecule has 210 valence electrons. The quantitative estimate of drug-likeness (QED) is 0.450. The first-order valence-electron chi connectivity index (χ1n) is 14.0. The van der Waals surface area contributed by atoms with Gasteiger partial charge in [0.2, 0.25) is 5.91 Å². The third-order valence-electron chi connectivity index (χ3n) is 8.77. The second kappa shape index (κ2) is 10.1. The first-order valence-corrected chi connectivity index (χ1v) is 16.9. The van der Waals surface area contributed by atoms with E-state index in [0.29, 0.717) is 32.4 Å². The molecule has 1 aromatic carbocycles. The minimum absolute atomic E-state index is 0.0276. The largest absolute Gasteiger partial charge is 0.443 e. The summed E-state index contributed by atoms with van der Waals surface area (Å²) in [5.41, 5.74) is 2.15. The molecule has 0 bridgehead atoms. The van der Waals surface area contributed by atoms with Crippen LogP contribution in [-0.2, 0) is 20.4 Å². The number of aliphatic hydroxyl groups is 1. The number of fused-ring (bicyclic) bond motifs is 5. The summed E-state index contributed by atoms with van der Waals surface area (Å²) < 4.78 is 14.0. The Morgan fingerprint density at radius 2 is 1.82 bits per heavy atom. The minimum Gasteiger partial charge on any atom is -0.443 e. The van der Waals surface area contributed by atoms with Gasteiger partial charge < -0.3 is 19.2 Å². The van der Waals surface area contributed by atoms with Crippen LogP contribution >= 0.6 is 0 Å². The van der Waals surface area contributed by atoms with Gasteiger partial charge in [0.1, 0.15) is 5.60 Å². The van der Waals surface area contributed by atoms with E-state index in [-0.39, 0.29) is 22.9 Å². The normalized spacial score (nSPS) is 23.3. The number of amides is 1. The summed E-state index contributed by atoms with van der Waals surface area (Å²) in [6.45, 7) is 19.6. The fraction of sp³-hybridized carbons (Fsp3) is 0.667. The van der Waals surface area contributed by atoms with E-state index in [4.69, 9.17) is 9.16 Å². The Hall–Kier alpha value is -2.16. The number of ether oxygens (including phenoxy) is 1. The topological polar surface area (TPSA) is 81.0 Å². The molecular formula is C30H46N2O5Si. The molecule has 38 heavy (non-hydrogen) atoms. The summed E-state index contributed by atoms with van der Waals surface area (Å²) in [7, 11) is -1.94. The summed E-state index contributed by atoms with van der Waals surface area (Å²) in [6, 6.07) is 7.68. The number of rotatable bonds is 5. The molecule has 2 aromatic rings. The van der Waals surface area contributed by atoms with Crippen molar-refractivity contribution in [3.05, 3.63) is 35.5 Å². The van der Waals surface area contributed by atoms with Gasteiger partial charge in [-0.25, -0.2) is 9.36 Å². The molecule has 1 aromatic heterocycles. The van der Waals surface area contributed by atoms with Crippen molar-refractivity contribution < 1.29 is 23.9 Å². The fourth-order valence-electron chi connectivity index (χ4n) is 5.89. The lowest BCUT2D eigenvalue weighted by atomic mass is 9.74. The highest BCUT2D eigenvalue weighted by Crippen LogP contribution is 2.47. The molecule has 1 fully saturated rings. The zero-order valence-electron chi connectivity index (χ0n) is 24.6. The molecule has 4 rings (SSSR count). The van der Waals surface area contributed by atoms with Crippen molar-refractivity contribution in [3.8, 4) is 0 Å². The van der Waals surface area contributed by atoms with Crippen LogP contribution in [0.3, 0.4) is 0 Å². The number of para-hydroxylation sites is 1. The van der Waals surface area contributed by atoms with Gasteiger partial charge in [-0.15, -0.1) is 0 Å². The number of hydrogen-bond acceptors (Lipinski definition) is 5. The maximum Gasteiger partial charge on any atom is 0.419 e. The smallest absolute Gasteiger partial charge is 0.419 e. The molecule has 3 heterocycles. The van der Waals surface area contributed by atoms with Crippen LogP contribution in [0.5, 0.6) is 0 Å². The Balaban J connectivity index is 1.73. The predicted octanol–water partition coefficient (Wildman–Crippen LogP) is 6.28. The van der Waals surface area contributed by atoms with Gasteiger partial charge in [0, 0.05) is 18.5 Å². The third kappa shape index (κ3) is 5.32. The Morgan fingerprint density at radius 3 is 2.42 bits per heavy atom. The van der Waals surface area contributed by atoms with Crippen molar-refractivity contribution in [1.82, 2.24) is 9.47 Å². The van der Waals surface area contributed by atoms with E-state index in [1.54, 1.807) is 11.5 Å². The molecule has 0 saturated carbocycles. The lowest BCUT2D eigenvalue weighted by Crippen LogP contribution is -2.53. The SMILES string of the molecule is CC(O)C1C(=O)N2CCc3c(n(C(=O)OC(C)(C)C)c4ccccc34)[C@@H]2C[C@@H]1CCO[Si](C)(C)C(C)(C)C. The van der Waals surface area contributed by atoms with Crippen LogP contribution in [0.25, 0.3) is 10.9 Å². The van der Waals surface area contributed by atoms with Gasteiger partial charge in [-0.1, -0.05) is 39.0 Å². The molecule has 2 unspecified atom stereocenters. The van der Waals surface area contributed by atoms with Crippen molar-refractivity contribution in [2.45, 2.75) is 104 Å². The lowest BCUT2D eigenvalue weighted by Gasteiger charge is -2.47. The summed E-state index contributed by atoms with van der Waals surface area (Å²) in [5.74, 6) is -0.556. The van der Waals surface area contributed by atoms with E-state index in [1.165, 1.54) is 0 Å².